The third-order valence-electron chi connectivity index (χ3n) is 3.61. The number of carbonyl (C=O) groups is 1. The summed E-state index contributed by atoms with van der Waals surface area (Å²) in [5.41, 5.74) is 8.05. The molecule has 20 heavy (non-hydrogen) atoms. The van der Waals surface area contributed by atoms with Crippen LogP contribution in [0.25, 0.3) is 0 Å². The highest BCUT2D eigenvalue weighted by molar-refractivity contribution is 6.34. The number of hydrogen-bond donors (Lipinski definition) is 2. The van der Waals surface area contributed by atoms with Gasteiger partial charge in [0.05, 0.1) is 10.7 Å². The first-order valence-electron chi connectivity index (χ1n) is 6.56. The minimum absolute atomic E-state index is 0.0190. The Morgan fingerprint density at radius 1 is 1.20 bits per heavy atom. The van der Waals surface area contributed by atoms with Crippen LogP contribution in [0.1, 0.15) is 17.9 Å². The number of halogens is 1. The van der Waals surface area contributed by atoms with Crippen LogP contribution >= 0.6 is 11.6 Å². The molecular weight excluding hydrogens is 272 g/mol. The quantitative estimate of drug-likeness (QED) is 0.846. The van der Waals surface area contributed by atoms with E-state index in [-0.39, 0.29) is 11.8 Å². The molecule has 0 saturated heterocycles. The molecule has 2 atom stereocenters. The Morgan fingerprint density at radius 3 is 2.65 bits per heavy atom. The summed E-state index contributed by atoms with van der Waals surface area (Å²) in [4.78, 5) is 12.2. The van der Waals surface area contributed by atoms with E-state index < -0.39 is 0 Å². The average molecular weight is 287 g/mol. The number of benzene rings is 2. The van der Waals surface area contributed by atoms with E-state index in [1.54, 1.807) is 18.2 Å². The second-order valence-electron chi connectivity index (χ2n) is 5.09. The van der Waals surface area contributed by atoms with Crippen molar-refractivity contribution in [3.8, 4) is 0 Å². The number of nitrogen functional groups attached to an aromatic ring is 1. The first-order chi connectivity index (χ1) is 9.65. The monoisotopic (exact) mass is 286 g/mol. The molecule has 4 heteroatoms. The molecule has 2 unspecified atom stereocenters. The lowest BCUT2D eigenvalue weighted by Gasteiger charge is -2.07. The fourth-order valence-corrected chi connectivity index (χ4v) is 2.65. The molecule has 3 nitrogen and oxygen atoms in total. The molecule has 2 aromatic carbocycles. The van der Waals surface area contributed by atoms with Gasteiger partial charge < -0.3 is 11.1 Å². The molecule has 1 aliphatic carbocycles. The maximum Gasteiger partial charge on any atom is 0.228 e. The first kappa shape index (κ1) is 13.0. The Kier molecular flexibility index (Phi) is 3.36. The van der Waals surface area contributed by atoms with E-state index in [0.29, 0.717) is 22.3 Å². The van der Waals surface area contributed by atoms with E-state index in [2.05, 4.69) is 17.4 Å². The molecule has 0 spiro atoms. The Labute approximate surface area is 122 Å². The van der Waals surface area contributed by atoms with Crippen molar-refractivity contribution >= 4 is 28.9 Å². The van der Waals surface area contributed by atoms with E-state index >= 15 is 0 Å². The number of hydrogen-bond acceptors (Lipinski definition) is 2. The van der Waals surface area contributed by atoms with Gasteiger partial charge in [0.1, 0.15) is 0 Å². The fourth-order valence-electron chi connectivity index (χ4n) is 2.41. The zero-order valence-electron chi connectivity index (χ0n) is 10.8. The van der Waals surface area contributed by atoms with Gasteiger partial charge >= 0.3 is 0 Å². The Balaban J connectivity index is 1.67. The van der Waals surface area contributed by atoms with Crippen LogP contribution in [0.2, 0.25) is 5.02 Å². The predicted octanol–water partition coefficient (Wildman–Crippen LogP) is 3.66. The maximum absolute atomic E-state index is 12.2. The van der Waals surface area contributed by atoms with Gasteiger partial charge in [-0.05, 0) is 36.1 Å². The zero-order chi connectivity index (χ0) is 14.1. The van der Waals surface area contributed by atoms with E-state index in [1.807, 2.05) is 18.2 Å². The van der Waals surface area contributed by atoms with Crippen molar-refractivity contribution in [1.29, 1.82) is 0 Å². The Hall–Kier alpha value is -2.00. The van der Waals surface area contributed by atoms with Crippen LogP contribution in [0, 0.1) is 5.92 Å². The molecule has 1 saturated carbocycles. The second kappa shape index (κ2) is 5.17. The van der Waals surface area contributed by atoms with Crippen LogP contribution in [0.3, 0.4) is 0 Å². The largest absolute Gasteiger partial charge is 0.399 e. The van der Waals surface area contributed by atoms with Crippen molar-refractivity contribution in [3.63, 3.8) is 0 Å². The van der Waals surface area contributed by atoms with Crippen molar-refractivity contribution in [3.05, 3.63) is 59.1 Å². The highest BCUT2D eigenvalue weighted by Crippen LogP contribution is 2.48. The highest BCUT2D eigenvalue weighted by atomic mass is 35.5. The smallest absolute Gasteiger partial charge is 0.228 e. The van der Waals surface area contributed by atoms with Crippen LogP contribution < -0.4 is 11.1 Å². The molecule has 1 fully saturated rings. The number of anilines is 2. The minimum Gasteiger partial charge on any atom is -0.399 e. The summed E-state index contributed by atoms with van der Waals surface area (Å²) in [6.07, 6.45) is 0.891. The molecule has 0 heterocycles. The zero-order valence-corrected chi connectivity index (χ0v) is 11.6. The third kappa shape index (κ3) is 2.63. The summed E-state index contributed by atoms with van der Waals surface area (Å²) >= 11 is 6.06. The molecular formula is C16H15ClN2O. The van der Waals surface area contributed by atoms with Gasteiger partial charge in [0.2, 0.25) is 5.91 Å². The molecule has 2 aromatic rings. The number of nitrogens with one attached hydrogen (secondary N) is 1. The summed E-state index contributed by atoms with van der Waals surface area (Å²) in [5, 5.41) is 3.34. The van der Waals surface area contributed by atoms with Gasteiger partial charge in [0.25, 0.3) is 0 Å². The molecule has 3 N–H and O–H groups in total. The molecule has 0 bridgehead atoms. The van der Waals surface area contributed by atoms with Crippen molar-refractivity contribution in [2.45, 2.75) is 12.3 Å². The standard InChI is InChI=1S/C16H15ClN2O/c17-14-8-11(18)6-7-15(14)19-16(20)13-9-12(13)10-4-2-1-3-5-10/h1-8,12-13H,9,18H2,(H,19,20). The third-order valence-corrected chi connectivity index (χ3v) is 3.92. The SMILES string of the molecule is Nc1ccc(NC(=O)C2CC2c2ccccc2)c(Cl)c1. The van der Waals surface area contributed by atoms with E-state index in [1.165, 1.54) is 5.56 Å². The lowest BCUT2D eigenvalue weighted by atomic mass is 10.1. The van der Waals surface area contributed by atoms with E-state index in [0.717, 1.165) is 6.42 Å². The number of rotatable bonds is 3. The average Bonchev–Trinajstić information content (AvgIpc) is 3.23. The number of carbonyl (C=O) groups excluding carboxylic acids is 1. The van der Waals surface area contributed by atoms with Gasteiger partial charge in [-0.25, -0.2) is 0 Å². The fraction of sp³-hybridized carbons (Fsp3) is 0.188. The van der Waals surface area contributed by atoms with Crippen molar-refractivity contribution in [2.75, 3.05) is 11.1 Å². The second-order valence-corrected chi connectivity index (χ2v) is 5.50. The van der Waals surface area contributed by atoms with Gasteiger partial charge in [0, 0.05) is 11.6 Å². The Bertz CT molecular complexity index is 642. The van der Waals surface area contributed by atoms with Crippen LogP contribution in [-0.4, -0.2) is 5.91 Å². The number of nitrogens with two attached hydrogens (primary N) is 1. The molecule has 0 radical (unpaired) electrons. The number of amides is 1. The van der Waals surface area contributed by atoms with Crippen LogP contribution in [0.15, 0.2) is 48.5 Å². The summed E-state index contributed by atoms with van der Waals surface area (Å²) in [5.74, 6) is 0.375. The molecule has 3 rings (SSSR count). The molecule has 0 aliphatic heterocycles. The van der Waals surface area contributed by atoms with E-state index in [9.17, 15) is 4.79 Å². The summed E-state index contributed by atoms with van der Waals surface area (Å²) in [7, 11) is 0. The summed E-state index contributed by atoms with van der Waals surface area (Å²) < 4.78 is 0. The Morgan fingerprint density at radius 2 is 1.95 bits per heavy atom. The molecule has 1 amide bonds. The summed E-state index contributed by atoms with van der Waals surface area (Å²) in [6.45, 7) is 0. The van der Waals surface area contributed by atoms with Crippen molar-refractivity contribution in [1.82, 2.24) is 0 Å². The maximum atomic E-state index is 12.2. The lowest BCUT2D eigenvalue weighted by molar-refractivity contribution is -0.117. The van der Waals surface area contributed by atoms with Crippen LogP contribution in [0.4, 0.5) is 11.4 Å². The van der Waals surface area contributed by atoms with Gasteiger partial charge in [-0.3, -0.25) is 4.79 Å². The van der Waals surface area contributed by atoms with Crippen molar-refractivity contribution in [2.24, 2.45) is 5.92 Å². The van der Waals surface area contributed by atoms with Gasteiger partial charge in [0.15, 0.2) is 0 Å². The summed E-state index contributed by atoms with van der Waals surface area (Å²) in [6, 6.07) is 15.2. The van der Waals surface area contributed by atoms with E-state index in [4.69, 9.17) is 17.3 Å². The van der Waals surface area contributed by atoms with Gasteiger partial charge in [-0.2, -0.15) is 0 Å². The van der Waals surface area contributed by atoms with Crippen LogP contribution in [0.5, 0.6) is 0 Å². The molecule has 1 aliphatic rings. The highest BCUT2D eigenvalue weighted by Gasteiger charge is 2.43. The predicted molar refractivity (Wildman–Crippen MR) is 81.8 cm³/mol. The first-order valence-corrected chi connectivity index (χ1v) is 6.94. The van der Waals surface area contributed by atoms with Crippen LogP contribution in [-0.2, 0) is 4.79 Å². The molecule has 102 valence electrons. The molecule has 0 aromatic heterocycles. The topological polar surface area (TPSA) is 55.1 Å². The minimum atomic E-state index is 0.0190. The normalized spacial score (nSPS) is 20.4. The van der Waals surface area contributed by atoms with Gasteiger partial charge in [-0.15, -0.1) is 0 Å². The van der Waals surface area contributed by atoms with Crippen molar-refractivity contribution < 1.29 is 4.79 Å². The van der Waals surface area contributed by atoms with Gasteiger partial charge in [-0.1, -0.05) is 41.9 Å². The lowest BCUT2D eigenvalue weighted by Crippen LogP contribution is -2.14.